The quantitative estimate of drug-likeness (QED) is 0.574. The lowest BCUT2D eigenvalue weighted by Crippen LogP contribution is -2.04. The molecule has 0 saturated carbocycles. The third kappa shape index (κ3) is 2.04. The summed E-state index contributed by atoms with van der Waals surface area (Å²) in [5.41, 5.74) is 0.624. The number of alkyl halides is 1. The van der Waals surface area contributed by atoms with Crippen molar-refractivity contribution in [2.45, 2.75) is 6.92 Å². The monoisotopic (exact) mass is 216 g/mol. The molecule has 0 spiro atoms. The zero-order chi connectivity index (χ0) is 10.7. The lowest BCUT2D eigenvalue weighted by Gasteiger charge is -2.07. The first-order chi connectivity index (χ1) is 6.60. The van der Waals surface area contributed by atoms with Crippen LogP contribution in [0.25, 0.3) is 0 Å². The van der Waals surface area contributed by atoms with Gasteiger partial charge in [-0.1, -0.05) is 0 Å². The van der Waals surface area contributed by atoms with Crippen LogP contribution in [-0.2, 0) is 0 Å². The summed E-state index contributed by atoms with van der Waals surface area (Å²) in [6.07, 6.45) is 0. The van der Waals surface area contributed by atoms with Gasteiger partial charge in [-0.15, -0.1) is 11.6 Å². The lowest BCUT2D eigenvalue weighted by atomic mass is 10.1. The molecule has 76 valence electrons. The van der Waals surface area contributed by atoms with E-state index in [0.29, 0.717) is 11.3 Å². The van der Waals surface area contributed by atoms with E-state index in [0.717, 1.165) is 6.07 Å². The number of rotatable bonds is 3. The van der Waals surface area contributed by atoms with Crippen molar-refractivity contribution in [2.24, 2.45) is 0 Å². The fourth-order valence-electron chi connectivity index (χ4n) is 1.11. The van der Waals surface area contributed by atoms with Gasteiger partial charge in [0.1, 0.15) is 11.6 Å². The Bertz CT molecular complexity index is 363. The number of carbonyl (C=O) groups is 1. The van der Waals surface area contributed by atoms with Crippen molar-refractivity contribution in [1.29, 1.82) is 0 Å². The van der Waals surface area contributed by atoms with Crippen LogP contribution >= 0.6 is 11.6 Å². The van der Waals surface area contributed by atoms with Crippen molar-refractivity contribution >= 4 is 17.4 Å². The molecule has 0 saturated heterocycles. The highest BCUT2D eigenvalue weighted by atomic mass is 35.5. The molecule has 1 aromatic rings. The highest BCUT2D eigenvalue weighted by Gasteiger charge is 2.13. The molecule has 0 N–H and O–H groups in total. The molecular formula is C10H10ClFO2. The summed E-state index contributed by atoms with van der Waals surface area (Å²) in [5.74, 6) is -0.602. The summed E-state index contributed by atoms with van der Waals surface area (Å²) >= 11 is 5.38. The molecule has 0 bridgehead atoms. The van der Waals surface area contributed by atoms with Crippen LogP contribution in [0.1, 0.15) is 15.9 Å². The van der Waals surface area contributed by atoms with Crippen molar-refractivity contribution in [1.82, 2.24) is 0 Å². The number of carbonyl (C=O) groups excluding carboxylic acids is 1. The molecule has 0 aromatic heterocycles. The Hall–Kier alpha value is -1.09. The predicted molar refractivity (Wildman–Crippen MR) is 52.7 cm³/mol. The first-order valence-corrected chi connectivity index (χ1v) is 4.57. The van der Waals surface area contributed by atoms with Gasteiger partial charge in [-0.3, -0.25) is 4.79 Å². The average molecular weight is 217 g/mol. The maximum absolute atomic E-state index is 13.1. The Balaban J connectivity index is 3.27. The molecule has 0 atom stereocenters. The molecule has 0 aliphatic carbocycles. The standard InChI is InChI=1S/C10H10ClFO2/c1-6-3-10(14-2)7(4-8(6)12)9(13)5-11/h3-4H,5H2,1-2H3. The lowest BCUT2D eigenvalue weighted by molar-refractivity contribution is 0.101. The van der Waals surface area contributed by atoms with Gasteiger partial charge in [0.25, 0.3) is 0 Å². The van der Waals surface area contributed by atoms with Crippen molar-refractivity contribution in [3.63, 3.8) is 0 Å². The molecule has 1 rings (SSSR count). The number of hydrogen-bond acceptors (Lipinski definition) is 2. The van der Waals surface area contributed by atoms with Crippen LogP contribution < -0.4 is 4.74 Å². The first kappa shape index (κ1) is 11.0. The zero-order valence-electron chi connectivity index (χ0n) is 7.93. The molecule has 2 nitrogen and oxygen atoms in total. The smallest absolute Gasteiger partial charge is 0.181 e. The second kappa shape index (κ2) is 4.42. The van der Waals surface area contributed by atoms with E-state index in [1.165, 1.54) is 13.2 Å². The highest BCUT2D eigenvalue weighted by molar-refractivity contribution is 6.30. The molecule has 4 heteroatoms. The van der Waals surface area contributed by atoms with Crippen molar-refractivity contribution in [3.05, 3.63) is 29.1 Å². The van der Waals surface area contributed by atoms with Crippen LogP contribution in [0, 0.1) is 12.7 Å². The minimum absolute atomic E-state index is 0.182. The topological polar surface area (TPSA) is 26.3 Å². The maximum atomic E-state index is 13.1. The van der Waals surface area contributed by atoms with E-state index in [1.807, 2.05) is 0 Å². The summed E-state index contributed by atoms with van der Waals surface area (Å²) in [6.45, 7) is 1.60. The summed E-state index contributed by atoms with van der Waals surface area (Å²) in [4.78, 5) is 11.3. The number of hydrogen-bond donors (Lipinski definition) is 0. The number of benzene rings is 1. The Morgan fingerprint density at radius 3 is 2.71 bits per heavy atom. The molecule has 0 unspecified atom stereocenters. The number of halogens is 2. The number of aryl methyl sites for hydroxylation is 1. The number of methoxy groups -OCH3 is 1. The third-order valence-electron chi connectivity index (χ3n) is 1.90. The van der Waals surface area contributed by atoms with Crippen LogP contribution in [0.2, 0.25) is 0 Å². The molecule has 14 heavy (non-hydrogen) atoms. The van der Waals surface area contributed by atoms with Crippen LogP contribution in [0.15, 0.2) is 12.1 Å². The van der Waals surface area contributed by atoms with Crippen molar-refractivity contribution < 1.29 is 13.9 Å². The van der Waals surface area contributed by atoms with Gasteiger partial charge in [-0.05, 0) is 24.6 Å². The van der Waals surface area contributed by atoms with Crippen molar-refractivity contribution in [3.8, 4) is 5.75 Å². The molecule has 0 heterocycles. The molecule has 0 aliphatic heterocycles. The van der Waals surface area contributed by atoms with Gasteiger partial charge in [-0.25, -0.2) is 4.39 Å². The normalized spacial score (nSPS) is 10.0. The van der Waals surface area contributed by atoms with Gasteiger partial charge in [0.05, 0.1) is 18.6 Å². The Morgan fingerprint density at radius 2 is 2.21 bits per heavy atom. The summed E-state index contributed by atoms with van der Waals surface area (Å²) in [7, 11) is 1.43. The van der Waals surface area contributed by atoms with Gasteiger partial charge in [0, 0.05) is 0 Å². The SMILES string of the molecule is COc1cc(C)c(F)cc1C(=O)CCl. The second-order valence-electron chi connectivity index (χ2n) is 2.86. The molecule has 0 fully saturated rings. The van der Waals surface area contributed by atoms with Gasteiger partial charge < -0.3 is 4.74 Å². The fraction of sp³-hybridized carbons (Fsp3) is 0.300. The van der Waals surface area contributed by atoms with E-state index in [1.54, 1.807) is 6.92 Å². The van der Waals surface area contributed by atoms with Gasteiger partial charge in [0.2, 0.25) is 0 Å². The van der Waals surface area contributed by atoms with Gasteiger partial charge in [0.15, 0.2) is 5.78 Å². The summed E-state index contributed by atoms with van der Waals surface area (Å²) in [6, 6.07) is 2.63. The molecule has 0 aliphatic rings. The maximum Gasteiger partial charge on any atom is 0.181 e. The number of Topliss-reactive ketones (excluding diaryl/α,β-unsaturated/α-hetero) is 1. The van der Waals surface area contributed by atoms with Crippen LogP contribution in [-0.4, -0.2) is 18.8 Å². The fourth-order valence-corrected chi connectivity index (χ4v) is 1.26. The zero-order valence-corrected chi connectivity index (χ0v) is 8.69. The minimum atomic E-state index is -0.431. The molecule has 1 aromatic carbocycles. The van der Waals surface area contributed by atoms with E-state index in [9.17, 15) is 9.18 Å². The minimum Gasteiger partial charge on any atom is -0.496 e. The van der Waals surface area contributed by atoms with Crippen LogP contribution in [0.4, 0.5) is 4.39 Å². The van der Waals surface area contributed by atoms with E-state index in [-0.39, 0.29) is 17.2 Å². The van der Waals surface area contributed by atoms with Gasteiger partial charge >= 0.3 is 0 Å². The van der Waals surface area contributed by atoms with Gasteiger partial charge in [-0.2, -0.15) is 0 Å². The van der Waals surface area contributed by atoms with Crippen molar-refractivity contribution in [2.75, 3.05) is 13.0 Å². The van der Waals surface area contributed by atoms with E-state index in [4.69, 9.17) is 16.3 Å². The van der Waals surface area contributed by atoms with E-state index < -0.39 is 5.82 Å². The number of ketones is 1. The summed E-state index contributed by atoms with van der Waals surface area (Å²) < 4.78 is 18.1. The molecule has 0 amide bonds. The molecule has 0 radical (unpaired) electrons. The van der Waals surface area contributed by atoms with E-state index in [2.05, 4.69) is 0 Å². The second-order valence-corrected chi connectivity index (χ2v) is 3.13. The average Bonchev–Trinajstić information content (AvgIpc) is 2.20. The Kier molecular flexibility index (Phi) is 3.47. The highest BCUT2D eigenvalue weighted by Crippen LogP contribution is 2.23. The summed E-state index contributed by atoms with van der Waals surface area (Å²) in [5, 5.41) is 0. The van der Waals surface area contributed by atoms with E-state index >= 15 is 0 Å². The largest absolute Gasteiger partial charge is 0.496 e. The Labute approximate surface area is 86.6 Å². The predicted octanol–water partition coefficient (Wildman–Crippen LogP) is 2.56. The van der Waals surface area contributed by atoms with Crippen LogP contribution in [0.5, 0.6) is 5.75 Å². The number of ether oxygens (including phenoxy) is 1. The molecular weight excluding hydrogens is 207 g/mol. The third-order valence-corrected chi connectivity index (χ3v) is 2.15. The van der Waals surface area contributed by atoms with Crippen LogP contribution in [0.3, 0.4) is 0 Å². The first-order valence-electron chi connectivity index (χ1n) is 4.03. The Morgan fingerprint density at radius 1 is 1.57 bits per heavy atom.